The molecule has 0 unspecified atom stereocenters. The van der Waals surface area contributed by atoms with Crippen molar-refractivity contribution >= 4 is 21.6 Å². The second-order valence-electron chi connectivity index (χ2n) is 8.16. The van der Waals surface area contributed by atoms with Gasteiger partial charge in [-0.15, -0.1) is 0 Å². The fraction of sp³-hybridized carbons (Fsp3) is 0.269. The average molecular weight is 496 g/mol. The topological polar surface area (TPSA) is 88.2 Å². The molecule has 0 saturated carbocycles. The number of nitrogens with one attached hydrogen (secondary N) is 1. The molecule has 1 saturated heterocycles. The zero-order chi connectivity index (χ0) is 24.7. The van der Waals surface area contributed by atoms with Gasteiger partial charge in [0.2, 0.25) is 0 Å². The number of amides is 1. The van der Waals surface area contributed by atoms with Gasteiger partial charge in [-0.05, 0) is 54.6 Å². The molecule has 0 radical (unpaired) electrons. The molecule has 35 heavy (non-hydrogen) atoms. The monoisotopic (exact) mass is 495 g/mol. The second kappa shape index (κ2) is 11.2. The lowest BCUT2D eigenvalue weighted by Crippen LogP contribution is -2.49. The van der Waals surface area contributed by atoms with Crippen molar-refractivity contribution in [2.24, 2.45) is 0 Å². The minimum Gasteiger partial charge on any atom is -0.497 e. The normalized spacial score (nSPS) is 14.4. The molecule has 8 nitrogen and oxygen atoms in total. The van der Waals surface area contributed by atoms with Crippen LogP contribution in [-0.4, -0.2) is 70.6 Å². The van der Waals surface area contributed by atoms with E-state index in [9.17, 15) is 13.2 Å². The van der Waals surface area contributed by atoms with E-state index < -0.39 is 10.0 Å². The van der Waals surface area contributed by atoms with Crippen LogP contribution in [0.4, 0.5) is 5.69 Å². The first-order valence-corrected chi connectivity index (χ1v) is 12.9. The van der Waals surface area contributed by atoms with Crippen molar-refractivity contribution in [1.29, 1.82) is 0 Å². The molecule has 184 valence electrons. The third-order valence-electron chi connectivity index (χ3n) is 5.81. The first-order chi connectivity index (χ1) is 16.9. The molecule has 1 aliphatic rings. The van der Waals surface area contributed by atoms with Gasteiger partial charge >= 0.3 is 0 Å². The summed E-state index contributed by atoms with van der Waals surface area (Å²) in [6, 6.07) is 22.2. The highest BCUT2D eigenvalue weighted by molar-refractivity contribution is 7.92. The number of piperazine rings is 1. The predicted molar refractivity (Wildman–Crippen MR) is 135 cm³/mol. The number of rotatable bonds is 9. The van der Waals surface area contributed by atoms with E-state index in [4.69, 9.17) is 9.47 Å². The van der Waals surface area contributed by atoms with Crippen LogP contribution in [0, 0.1) is 0 Å². The number of hydrogen-bond donors (Lipinski definition) is 1. The molecule has 4 rings (SSSR count). The first-order valence-electron chi connectivity index (χ1n) is 11.4. The third-order valence-corrected chi connectivity index (χ3v) is 7.21. The fourth-order valence-electron chi connectivity index (χ4n) is 3.85. The van der Waals surface area contributed by atoms with Gasteiger partial charge in [-0.3, -0.25) is 14.4 Å². The fourth-order valence-corrected chi connectivity index (χ4v) is 4.92. The van der Waals surface area contributed by atoms with Crippen LogP contribution in [0.1, 0.15) is 10.4 Å². The molecule has 0 aliphatic carbocycles. The van der Waals surface area contributed by atoms with Crippen LogP contribution in [0.5, 0.6) is 11.5 Å². The van der Waals surface area contributed by atoms with Crippen molar-refractivity contribution in [3.8, 4) is 11.5 Å². The molecule has 3 aromatic rings. The maximum atomic E-state index is 13.0. The van der Waals surface area contributed by atoms with Crippen LogP contribution in [0.15, 0.2) is 83.8 Å². The van der Waals surface area contributed by atoms with E-state index in [2.05, 4.69) is 9.62 Å². The number of hydrogen-bond acceptors (Lipinski definition) is 6. The molecule has 1 amide bonds. The highest BCUT2D eigenvalue weighted by Gasteiger charge is 2.23. The Balaban J connectivity index is 1.27. The number of anilines is 1. The van der Waals surface area contributed by atoms with Crippen molar-refractivity contribution < 1.29 is 22.7 Å². The number of nitrogens with zero attached hydrogens (tertiary/aromatic N) is 2. The Kier molecular flexibility index (Phi) is 7.89. The molecule has 0 aromatic heterocycles. The van der Waals surface area contributed by atoms with E-state index in [1.807, 2.05) is 24.3 Å². The zero-order valence-electron chi connectivity index (χ0n) is 19.6. The molecule has 9 heteroatoms. The quantitative estimate of drug-likeness (QED) is 0.490. The Hall–Kier alpha value is -3.56. The third kappa shape index (κ3) is 6.52. The van der Waals surface area contributed by atoms with Crippen LogP contribution in [0.3, 0.4) is 0 Å². The van der Waals surface area contributed by atoms with Gasteiger partial charge in [-0.2, -0.15) is 0 Å². The molecule has 0 bridgehead atoms. The van der Waals surface area contributed by atoms with E-state index in [0.717, 1.165) is 31.1 Å². The van der Waals surface area contributed by atoms with E-state index in [0.29, 0.717) is 30.9 Å². The minimum absolute atomic E-state index is 0.111. The summed E-state index contributed by atoms with van der Waals surface area (Å²) in [5, 5.41) is 0. The van der Waals surface area contributed by atoms with Gasteiger partial charge < -0.3 is 14.4 Å². The number of carbonyl (C=O) groups is 1. The summed E-state index contributed by atoms with van der Waals surface area (Å²) in [5.41, 5.74) is 0.809. The molecular formula is C26H29N3O5S. The Morgan fingerprint density at radius 3 is 2.26 bits per heavy atom. The number of carbonyl (C=O) groups excluding carboxylic acids is 1. The van der Waals surface area contributed by atoms with Gasteiger partial charge in [-0.1, -0.05) is 24.3 Å². The van der Waals surface area contributed by atoms with Gasteiger partial charge in [0, 0.05) is 44.0 Å². The van der Waals surface area contributed by atoms with Gasteiger partial charge in [0.1, 0.15) is 18.1 Å². The van der Waals surface area contributed by atoms with Crippen LogP contribution in [0.2, 0.25) is 0 Å². The SMILES string of the molecule is COc1ccc(OCCN2CCN(C(=O)c3cccc(NS(=O)(=O)c4ccccc4)c3)CC2)cc1. The predicted octanol–water partition coefficient (Wildman–Crippen LogP) is 3.33. The largest absolute Gasteiger partial charge is 0.497 e. The maximum absolute atomic E-state index is 13.0. The second-order valence-corrected chi connectivity index (χ2v) is 9.84. The van der Waals surface area contributed by atoms with Crippen LogP contribution >= 0.6 is 0 Å². The summed E-state index contributed by atoms with van der Waals surface area (Å²) in [7, 11) is -2.09. The summed E-state index contributed by atoms with van der Waals surface area (Å²) >= 11 is 0. The van der Waals surface area contributed by atoms with E-state index in [1.54, 1.807) is 54.5 Å². The molecule has 1 N–H and O–H groups in total. The van der Waals surface area contributed by atoms with E-state index in [1.165, 1.54) is 12.1 Å². The minimum atomic E-state index is -3.72. The number of methoxy groups -OCH3 is 1. The van der Waals surface area contributed by atoms with E-state index in [-0.39, 0.29) is 10.8 Å². The Labute approximate surface area is 206 Å². The Bertz CT molecular complexity index is 1230. The van der Waals surface area contributed by atoms with E-state index >= 15 is 0 Å². The van der Waals surface area contributed by atoms with Gasteiger partial charge in [0.05, 0.1) is 12.0 Å². The highest BCUT2D eigenvalue weighted by Crippen LogP contribution is 2.19. The molecule has 0 spiro atoms. The lowest BCUT2D eigenvalue weighted by atomic mass is 10.1. The molecule has 1 heterocycles. The van der Waals surface area contributed by atoms with Crippen molar-refractivity contribution in [2.75, 3.05) is 51.2 Å². The van der Waals surface area contributed by atoms with Crippen molar-refractivity contribution in [3.63, 3.8) is 0 Å². The lowest BCUT2D eigenvalue weighted by molar-refractivity contribution is 0.0620. The number of benzene rings is 3. The van der Waals surface area contributed by atoms with Crippen LogP contribution in [0.25, 0.3) is 0 Å². The summed E-state index contributed by atoms with van der Waals surface area (Å²) in [6.45, 7) is 4.02. The highest BCUT2D eigenvalue weighted by atomic mass is 32.2. The van der Waals surface area contributed by atoms with Gasteiger partial charge in [-0.25, -0.2) is 8.42 Å². The zero-order valence-corrected chi connectivity index (χ0v) is 20.4. The lowest BCUT2D eigenvalue weighted by Gasteiger charge is -2.34. The summed E-state index contributed by atoms with van der Waals surface area (Å²) in [5.74, 6) is 1.47. The summed E-state index contributed by atoms with van der Waals surface area (Å²) in [4.78, 5) is 17.3. The molecular weight excluding hydrogens is 466 g/mol. The maximum Gasteiger partial charge on any atom is 0.261 e. The van der Waals surface area contributed by atoms with Crippen molar-refractivity contribution in [2.45, 2.75) is 4.90 Å². The Morgan fingerprint density at radius 2 is 1.57 bits per heavy atom. The molecule has 1 fully saturated rings. The molecule has 1 aliphatic heterocycles. The number of ether oxygens (including phenoxy) is 2. The van der Waals surface area contributed by atoms with Crippen LogP contribution < -0.4 is 14.2 Å². The van der Waals surface area contributed by atoms with Crippen LogP contribution in [-0.2, 0) is 10.0 Å². The average Bonchev–Trinajstić information content (AvgIpc) is 2.89. The molecule has 3 aromatic carbocycles. The molecule has 0 atom stereocenters. The van der Waals surface area contributed by atoms with Crippen molar-refractivity contribution in [3.05, 3.63) is 84.4 Å². The smallest absolute Gasteiger partial charge is 0.261 e. The number of sulfonamides is 1. The standard InChI is InChI=1S/C26H29N3O5S/c1-33-23-10-12-24(13-11-23)34-19-18-28-14-16-29(17-15-28)26(30)21-6-5-7-22(20-21)27-35(31,32)25-8-3-2-4-9-25/h2-13,20,27H,14-19H2,1H3. The first kappa shape index (κ1) is 24.6. The van der Waals surface area contributed by atoms with Gasteiger partial charge in [0.25, 0.3) is 15.9 Å². The summed E-state index contributed by atoms with van der Waals surface area (Å²) < 4.78 is 38.7. The van der Waals surface area contributed by atoms with Gasteiger partial charge in [0.15, 0.2) is 0 Å². The van der Waals surface area contributed by atoms with Crippen molar-refractivity contribution in [1.82, 2.24) is 9.80 Å². The Morgan fingerprint density at radius 1 is 0.886 bits per heavy atom. The summed E-state index contributed by atoms with van der Waals surface area (Å²) in [6.07, 6.45) is 0.